The van der Waals surface area contributed by atoms with E-state index in [0.29, 0.717) is 12.6 Å². The van der Waals surface area contributed by atoms with E-state index in [1.165, 1.54) is 0 Å². The fraction of sp³-hybridized carbons (Fsp3) is 0.333. The van der Waals surface area contributed by atoms with Gasteiger partial charge < -0.3 is 4.89 Å². The highest BCUT2D eigenvalue weighted by molar-refractivity contribution is 7.58. The van der Waals surface area contributed by atoms with E-state index in [1.807, 2.05) is 43.3 Å². The highest BCUT2D eigenvalue weighted by Gasteiger charge is 2.15. The van der Waals surface area contributed by atoms with Crippen LogP contribution < -0.4 is 0 Å². The lowest BCUT2D eigenvalue weighted by Crippen LogP contribution is -1.96. The highest BCUT2D eigenvalue weighted by Crippen LogP contribution is 2.40. The molecule has 0 saturated heterocycles. The SMILES string of the molecule is C/C=C/CP(=O)(O)CCc1ccccc1. The molecule has 0 spiro atoms. The molecule has 1 atom stereocenters. The molecule has 1 aromatic rings. The molecule has 1 unspecified atom stereocenters. The zero-order chi connectivity index (χ0) is 11.1. The molecule has 3 heteroatoms. The van der Waals surface area contributed by atoms with Crippen LogP contribution >= 0.6 is 7.37 Å². The number of rotatable bonds is 5. The van der Waals surface area contributed by atoms with Crippen LogP contribution in [0.1, 0.15) is 12.5 Å². The molecule has 0 aromatic heterocycles. The molecule has 0 radical (unpaired) electrons. The third kappa shape index (κ3) is 4.96. The zero-order valence-electron chi connectivity index (χ0n) is 8.97. The Morgan fingerprint density at radius 3 is 2.60 bits per heavy atom. The van der Waals surface area contributed by atoms with Crippen LogP contribution in [0.5, 0.6) is 0 Å². The number of aryl methyl sites for hydroxylation is 1. The fourth-order valence-corrected chi connectivity index (χ4v) is 2.64. The van der Waals surface area contributed by atoms with Gasteiger partial charge in [0, 0.05) is 12.3 Å². The average molecular weight is 224 g/mol. The van der Waals surface area contributed by atoms with Gasteiger partial charge in [-0.2, -0.15) is 0 Å². The molecule has 2 nitrogen and oxygen atoms in total. The molecule has 0 aliphatic carbocycles. The van der Waals surface area contributed by atoms with E-state index < -0.39 is 7.37 Å². The van der Waals surface area contributed by atoms with Crippen molar-refractivity contribution in [1.82, 2.24) is 0 Å². The average Bonchev–Trinajstić information content (AvgIpc) is 2.25. The second-order valence-corrected chi connectivity index (χ2v) is 6.06. The molecule has 0 aliphatic heterocycles. The van der Waals surface area contributed by atoms with Gasteiger partial charge in [0.05, 0.1) is 0 Å². The van der Waals surface area contributed by atoms with Crippen LogP contribution in [0.3, 0.4) is 0 Å². The molecule has 82 valence electrons. The summed E-state index contributed by atoms with van der Waals surface area (Å²) in [5, 5.41) is 0. The van der Waals surface area contributed by atoms with Crippen LogP contribution in [0.2, 0.25) is 0 Å². The molecule has 0 aliphatic rings. The van der Waals surface area contributed by atoms with Crippen molar-refractivity contribution in [2.75, 3.05) is 12.3 Å². The van der Waals surface area contributed by atoms with Gasteiger partial charge in [0.2, 0.25) is 7.37 Å². The van der Waals surface area contributed by atoms with Crippen LogP contribution in [0.25, 0.3) is 0 Å². The fourth-order valence-electron chi connectivity index (χ4n) is 1.31. The maximum absolute atomic E-state index is 11.7. The second kappa shape index (κ2) is 5.89. The number of hydrogen-bond acceptors (Lipinski definition) is 1. The smallest absolute Gasteiger partial charge is 0.204 e. The Balaban J connectivity index is 2.46. The highest BCUT2D eigenvalue weighted by atomic mass is 31.2. The summed E-state index contributed by atoms with van der Waals surface area (Å²) >= 11 is 0. The van der Waals surface area contributed by atoms with Crippen molar-refractivity contribution in [2.24, 2.45) is 0 Å². The van der Waals surface area contributed by atoms with Gasteiger partial charge in [0.25, 0.3) is 0 Å². The number of allylic oxidation sites excluding steroid dienone is 2. The first-order valence-corrected chi connectivity index (χ1v) is 7.13. The Morgan fingerprint density at radius 1 is 1.33 bits per heavy atom. The molecule has 1 aromatic carbocycles. The molecule has 0 heterocycles. The quantitative estimate of drug-likeness (QED) is 0.616. The minimum atomic E-state index is -2.96. The number of hydrogen-bond donors (Lipinski definition) is 1. The predicted octanol–water partition coefficient (Wildman–Crippen LogP) is 3.08. The van der Waals surface area contributed by atoms with Gasteiger partial charge in [0.1, 0.15) is 0 Å². The topological polar surface area (TPSA) is 37.3 Å². The van der Waals surface area contributed by atoms with Crippen molar-refractivity contribution in [1.29, 1.82) is 0 Å². The lowest BCUT2D eigenvalue weighted by molar-refractivity contribution is 0.481. The summed E-state index contributed by atoms with van der Waals surface area (Å²) < 4.78 is 11.7. The van der Waals surface area contributed by atoms with Gasteiger partial charge in [-0.05, 0) is 18.9 Å². The minimum absolute atomic E-state index is 0.288. The third-order valence-electron chi connectivity index (χ3n) is 2.22. The van der Waals surface area contributed by atoms with Gasteiger partial charge in [0.15, 0.2) is 0 Å². The van der Waals surface area contributed by atoms with E-state index in [2.05, 4.69) is 0 Å². The van der Waals surface area contributed by atoms with Gasteiger partial charge in [-0.3, -0.25) is 4.57 Å². The first kappa shape index (κ1) is 12.2. The second-order valence-electron chi connectivity index (χ2n) is 3.56. The Bertz CT molecular complexity index is 357. The van der Waals surface area contributed by atoms with Crippen molar-refractivity contribution < 1.29 is 9.46 Å². The summed E-state index contributed by atoms with van der Waals surface area (Å²) in [7, 11) is -2.96. The van der Waals surface area contributed by atoms with E-state index >= 15 is 0 Å². The standard InChI is InChI=1S/C12H17O2P/c1-2-3-10-15(13,14)11-9-12-7-5-4-6-8-12/h2-8H,9-11H2,1H3,(H,13,14)/b3-2+. The van der Waals surface area contributed by atoms with Crippen molar-refractivity contribution in [3.05, 3.63) is 48.0 Å². The molecule has 0 amide bonds. The monoisotopic (exact) mass is 224 g/mol. The molecule has 0 fully saturated rings. The predicted molar refractivity (Wildman–Crippen MR) is 64.5 cm³/mol. The maximum atomic E-state index is 11.7. The largest absolute Gasteiger partial charge is 0.344 e. The maximum Gasteiger partial charge on any atom is 0.204 e. The summed E-state index contributed by atoms with van der Waals surface area (Å²) in [6, 6.07) is 9.81. The Hall–Kier alpha value is -0.850. The first-order chi connectivity index (χ1) is 7.14. The first-order valence-electron chi connectivity index (χ1n) is 5.10. The van der Waals surface area contributed by atoms with E-state index in [-0.39, 0.29) is 6.16 Å². The lowest BCUT2D eigenvalue weighted by atomic mass is 10.2. The Morgan fingerprint density at radius 2 is 2.00 bits per heavy atom. The molecule has 1 rings (SSSR count). The zero-order valence-corrected chi connectivity index (χ0v) is 9.86. The van der Waals surface area contributed by atoms with E-state index in [9.17, 15) is 9.46 Å². The van der Waals surface area contributed by atoms with Crippen LogP contribution in [0, 0.1) is 0 Å². The van der Waals surface area contributed by atoms with Gasteiger partial charge in [-0.15, -0.1) is 0 Å². The summed E-state index contributed by atoms with van der Waals surface area (Å²) in [6.45, 7) is 1.86. The summed E-state index contributed by atoms with van der Waals surface area (Å²) in [5.41, 5.74) is 1.12. The van der Waals surface area contributed by atoms with E-state index in [1.54, 1.807) is 6.08 Å². The summed E-state index contributed by atoms with van der Waals surface area (Å²) in [4.78, 5) is 9.61. The van der Waals surface area contributed by atoms with Crippen molar-refractivity contribution >= 4 is 7.37 Å². The normalized spacial score (nSPS) is 15.3. The minimum Gasteiger partial charge on any atom is -0.344 e. The van der Waals surface area contributed by atoms with Crippen molar-refractivity contribution in [3.8, 4) is 0 Å². The van der Waals surface area contributed by atoms with E-state index in [0.717, 1.165) is 5.56 Å². The third-order valence-corrected chi connectivity index (χ3v) is 3.92. The summed E-state index contributed by atoms with van der Waals surface area (Å²) in [6.07, 6.45) is 4.89. The van der Waals surface area contributed by atoms with Crippen LogP contribution in [0.4, 0.5) is 0 Å². The van der Waals surface area contributed by atoms with Crippen molar-refractivity contribution in [3.63, 3.8) is 0 Å². The van der Waals surface area contributed by atoms with Gasteiger partial charge in [-0.25, -0.2) is 0 Å². The van der Waals surface area contributed by atoms with Crippen LogP contribution in [-0.2, 0) is 11.0 Å². The molecular formula is C12H17O2P. The molecule has 1 N–H and O–H groups in total. The Labute approximate surface area is 91.1 Å². The molecule has 0 saturated carbocycles. The van der Waals surface area contributed by atoms with Crippen LogP contribution in [-0.4, -0.2) is 17.2 Å². The van der Waals surface area contributed by atoms with Crippen molar-refractivity contribution in [2.45, 2.75) is 13.3 Å². The van der Waals surface area contributed by atoms with Gasteiger partial charge in [-0.1, -0.05) is 42.5 Å². The summed E-state index contributed by atoms with van der Waals surface area (Å²) in [5.74, 6) is 0. The van der Waals surface area contributed by atoms with Gasteiger partial charge >= 0.3 is 0 Å². The molecule has 15 heavy (non-hydrogen) atoms. The van der Waals surface area contributed by atoms with E-state index in [4.69, 9.17) is 0 Å². The lowest BCUT2D eigenvalue weighted by Gasteiger charge is -2.08. The molecular weight excluding hydrogens is 207 g/mol. The number of benzene rings is 1. The molecule has 0 bridgehead atoms. The van der Waals surface area contributed by atoms with Crippen LogP contribution in [0.15, 0.2) is 42.5 Å². The Kier molecular flexibility index (Phi) is 4.80.